The molecule has 25 heavy (non-hydrogen) atoms. The predicted octanol–water partition coefficient (Wildman–Crippen LogP) is 3.44. The molecule has 0 bridgehead atoms. The van der Waals surface area contributed by atoms with Gasteiger partial charge in [0.15, 0.2) is 11.5 Å². The number of ether oxygens (including phenoxy) is 4. The Balaban J connectivity index is 2.02. The Morgan fingerprint density at radius 3 is 2.12 bits per heavy atom. The smallest absolute Gasteiger partial charge is 0.258 e. The molecule has 0 unspecified atom stereocenters. The number of methoxy groups -OCH3 is 4. The van der Waals surface area contributed by atoms with E-state index in [4.69, 9.17) is 23.5 Å². The average Bonchev–Trinajstić information content (AvgIpc) is 3.17. The third kappa shape index (κ3) is 3.21. The highest BCUT2D eigenvalue weighted by molar-refractivity contribution is 5.67. The summed E-state index contributed by atoms with van der Waals surface area (Å²) in [5, 5.41) is 4.04. The van der Waals surface area contributed by atoms with Crippen molar-refractivity contribution < 1.29 is 23.5 Å². The van der Waals surface area contributed by atoms with Gasteiger partial charge in [-0.3, -0.25) is 0 Å². The molecule has 3 rings (SSSR count). The first-order valence-corrected chi connectivity index (χ1v) is 7.48. The predicted molar refractivity (Wildman–Crippen MR) is 91.4 cm³/mol. The molecule has 7 nitrogen and oxygen atoms in total. The van der Waals surface area contributed by atoms with Crippen LogP contribution in [-0.4, -0.2) is 38.6 Å². The van der Waals surface area contributed by atoms with Crippen LogP contribution < -0.4 is 18.9 Å². The highest BCUT2D eigenvalue weighted by Gasteiger charge is 2.18. The van der Waals surface area contributed by atoms with Gasteiger partial charge in [0, 0.05) is 11.1 Å². The Hall–Kier alpha value is -3.22. The number of hydrogen-bond donors (Lipinski definition) is 0. The third-order valence-corrected chi connectivity index (χ3v) is 3.67. The molecular formula is C18H18N2O5. The molecule has 2 aromatic carbocycles. The van der Waals surface area contributed by atoms with Crippen LogP contribution in [0.1, 0.15) is 0 Å². The van der Waals surface area contributed by atoms with Gasteiger partial charge in [-0.05, 0) is 24.3 Å². The summed E-state index contributed by atoms with van der Waals surface area (Å²) in [5.74, 6) is 3.05. The summed E-state index contributed by atoms with van der Waals surface area (Å²) >= 11 is 0. The lowest BCUT2D eigenvalue weighted by Crippen LogP contribution is -1.95. The van der Waals surface area contributed by atoms with Crippen molar-refractivity contribution in [3.63, 3.8) is 0 Å². The number of benzene rings is 2. The van der Waals surface area contributed by atoms with Crippen LogP contribution in [-0.2, 0) is 0 Å². The van der Waals surface area contributed by atoms with E-state index >= 15 is 0 Å². The molecule has 0 saturated carbocycles. The van der Waals surface area contributed by atoms with E-state index < -0.39 is 0 Å². The molecule has 1 aromatic heterocycles. The largest absolute Gasteiger partial charge is 0.497 e. The van der Waals surface area contributed by atoms with Crippen molar-refractivity contribution >= 4 is 0 Å². The molecule has 0 radical (unpaired) electrons. The summed E-state index contributed by atoms with van der Waals surface area (Å²) in [4.78, 5) is 4.45. The first-order valence-electron chi connectivity index (χ1n) is 7.48. The standard InChI is InChI=1S/C18H18N2O5/c1-21-13-7-5-6-11(8-13)17-19-18(25-20-17)12-9-14(22-2)16(24-4)15(10-12)23-3/h5-10H,1-4H3. The van der Waals surface area contributed by atoms with Crippen LogP contribution in [0.4, 0.5) is 0 Å². The van der Waals surface area contributed by atoms with Crippen LogP contribution in [0, 0.1) is 0 Å². The Bertz CT molecular complexity index is 850. The number of aromatic nitrogens is 2. The molecule has 1 heterocycles. The van der Waals surface area contributed by atoms with Crippen LogP contribution in [0.15, 0.2) is 40.9 Å². The van der Waals surface area contributed by atoms with Gasteiger partial charge in [0.25, 0.3) is 5.89 Å². The molecule has 0 fully saturated rings. The molecule has 0 aliphatic rings. The summed E-state index contributed by atoms with van der Waals surface area (Å²) in [6.07, 6.45) is 0. The van der Waals surface area contributed by atoms with E-state index in [1.165, 1.54) is 0 Å². The van der Waals surface area contributed by atoms with Crippen molar-refractivity contribution in [1.82, 2.24) is 10.1 Å². The van der Waals surface area contributed by atoms with E-state index in [9.17, 15) is 0 Å². The summed E-state index contributed by atoms with van der Waals surface area (Å²) in [6, 6.07) is 10.9. The van der Waals surface area contributed by atoms with E-state index in [1.807, 2.05) is 24.3 Å². The van der Waals surface area contributed by atoms with Gasteiger partial charge in [-0.15, -0.1) is 0 Å². The van der Waals surface area contributed by atoms with Crippen molar-refractivity contribution in [2.24, 2.45) is 0 Å². The van der Waals surface area contributed by atoms with Crippen molar-refractivity contribution in [2.75, 3.05) is 28.4 Å². The van der Waals surface area contributed by atoms with Crippen molar-refractivity contribution in [2.45, 2.75) is 0 Å². The quantitative estimate of drug-likeness (QED) is 0.679. The van der Waals surface area contributed by atoms with Gasteiger partial charge in [0.1, 0.15) is 5.75 Å². The number of rotatable bonds is 6. The molecule has 3 aromatic rings. The molecule has 0 saturated heterocycles. The summed E-state index contributed by atoms with van der Waals surface area (Å²) in [6.45, 7) is 0. The van der Waals surface area contributed by atoms with E-state index in [1.54, 1.807) is 40.6 Å². The van der Waals surface area contributed by atoms with Crippen LogP contribution in [0.3, 0.4) is 0 Å². The highest BCUT2D eigenvalue weighted by atomic mass is 16.5. The van der Waals surface area contributed by atoms with Crippen molar-refractivity contribution in [3.05, 3.63) is 36.4 Å². The zero-order valence-electron chi connectivity index (χ0n) is 14.4. The molecule has 0 spiro atoms. The summed E-state index contributed by atoms with van der Waals surface area (Å²) in [5.41, 5.74) is 1.46. The Kier molecular flexibility index (Phi) is 4.74. The normalized spacial score (nSPS) is 10.4. The molecular weight excluding hydrogens is 324 g/mol. The monoisotopic (exact) mass is 342 g/mol. The second-order valence-corrected chi connectivity index (χ2v) is 5.07. The van der Waals surface area contributed by atoms with Gasteiger partial charge < -0.3 is 23.5 Å². The Morgan fingerprint density at radius 2 is 1.52 bits per heavy atom. The minimum absolute atomic E-state index is 0.345. The fourth-order valence-electron chi connectivity index (χ4n) is 2.42. The van der Waals surface area contributed by atoms with Gasteiger partial charge in [0.2, 0.25) is 11.6 Å². The summed E-state index contributed by atoms with van der Waals surface area (Å²) in [7, 11) is 6.26. The molecule has 0 aliphatic heterocycles. The lowest BCUT2D eigenvalue weighted by atomic mass is 10.1. The second kappa shape index (κ2) is 7.12. The maximum Gasteiger partial charge on any atom is 0.258 e. The zero-order chi connectivity index (χ0) is 17.8. The second-order valence-electron chi connectivity index (χ2n) is 5.07. The van der Waals surface area contributed by atoms with E-state index in [-0.39, 0.29) is 0 Å². The Morgan fingerprint density at radius 1 is 0.800 bits per heavy atom. The third-order valence-electron chi connectivity index (χ3n) is 3.67. The maximum absolute atomic E-state index is 5.40. The maximum atomic E-state index is 5.40. The zero-order valence-corrected chi connectivity index (χ0v) is 14.4. The van der Waals surface area contributed by atoms with Crippen LogP contribution in [0.5, 0.6) is 23.0 Å². The average molecular weight is 342 g/mol. The van der Waals surface area contributed by atoms with E-state index in [0.29, 0.717) is 34.5 Å². The van der Waals surface area contributed by atoms with Gasteiger partial charge >= 0.3 is 0 Å². The molecule has 0 aliphatic carbocycles. The first kappa shape index (κ1) is 16.6. The number of hydrogen-bond acceptors (Lipinski definition) is 7. The molecule has 0 N–H and O–H groups in total. The van der Waals surface area contributed by atoms with Gasteiger partial charge in [-0.25, -0.2) is 0 Å². The van der Waals surface area contributed by atoms with E-state index in [2.05, 4.69) is 10.1 Å². The van der Waals surface area contributed by atoms with Crippen LogP contribution in [0.2, 0.25) is 0 Å². The molecule has 130 valence electrons. The van der Waals surface area contributed by atoms with Gasteiger partial charge in [-0.1, -0.05) is 17.3 Å². The van der Waals surface area contributed by atoms with Gasteiger partial charge in [-0.2, -0.15) is 4.98 Å². The minimum Gasteiger partial charge on any atom is -0.497 e. The number of nitrogens with zero attached hydrogens (tertiary/aromatic N) is 2. The highest BCUT2D eigenvalue weighted by Crippen LogP contribution is 2.41. The minimum atomic E-state index is 0.345. The first-order chi connectivity index (χ1) is 12.2. The molecule has 0 amide bonds. The fourth-order valence-corrected chi connectivity index (χ4v) is 2.42. The molecule has 0 atom stereocenters. The summed E-state index contributed by atoms with van der Waals surface area (Å²) < 4.78 is 26.6. The van der Waals surface area contributed by atoms with Crippen LogP contribution in [0.25, 0.3) is 22.8 Å². The lowest BCUT2D eigenvalue weighted by Gasteiger charge is -2.12. The SMILES string of the molecule is COc1cccc(-c2noc(-c3cc(OC)c(OC)c(OC)c3)n2)c1. The Labute approximate surface area is 145 Å². The van der Waals surface area contributed by atoms with E-state index in [0.717, 1.165) is 11.3 Å². The lowest BCUT2D eigenvalue weighted by molar-refractivity contribution is 0.324. The fraction of sp³-hybridized carbons (Fsp3) is 0.222. The topological polar surface area (TPSA) is 75.8 Å². The van der Waals surface area contributed by atoms with Crippen LogP contribution >= 0.6 is 0 Å². The van der Waals surface area contributed by atoms with Crippen molar-refractivity contribution in [1.29, 1.82) is 0 Å². The van der Waals surface area contributed by atoms with Crippen molar-refractivity contribution in [3.8, 4) is 45.8 Å². The molecule has 7 heteroatoms. The van der Waals surface area contributed by atoms with Gasteiger partial charge in [0.05, 0.1) is 28.4 Å².